The topological polar surface area (TPSA) is 37.4 Å². The van der Waals surface area contributed by atoms with Crippen molar-refractivity contribution in [2.75, 3.05) is 24.6 Å². The Morgan fingerprint density at radius 2 is 2.00 bits per heavy atom. The molecule has 0 bridgehead atoms. The highest BCUT2D eigenvalue weighted by molar-refractivity contribution is 9.10. The Morgan fingerprint density at radius 1 is 1.35 bits per heavy atom. The molecule has 0 aliphatic carbocycles. The summed E-state index contributed by atoms with van der Waals surface area (Å²) in [6.45, 7) is 1.13. The van der Waals surface area contributed by atoms with E-state index in [0.717, 1.165) is 4.47 Å². The van der Waals surface area contributed by atoms with Crippen LogP contribution in [-0.2, 0) is 10.8 Å². The number of carbonyl (C=O) groups is 1. The molecule has 2 rings (SSSR count). The van der Waals surface area contributed by atoms with Gasteiger partial charge in [0, 0.05) is 44.8 Å². The molecular formula is C11H12BrNO2S2. The Kier molecular flexibility index (Phi) is 4.27. The fourth-order valence-electron chi connectivity index (χ4n) is 1.70. The van der Waals surface area contributed by atoms with Crippen molar-refractivity contribution >= 4 is 45.3 Å². The molecule has 92 valence electrons. The lowest BCUT2D eigenvalue weighted by Gasteiger charge is -2.26. The highest BCUT2D eigenvalue weighted by atomic mass is 79.9. The maximum Gasteiger partial charge on any atom is 0.255 e. The van der Waals surface area contributed by atoms with Crippen LogP contribution in [0.5, 0.6) is 0 Å². The monoisotopic (exact) mass is 333 g/mol. The van der Waals surface area contributed by atoms with E-state index < -0.39 is 10.8 Å². The molecular weight excluding hydrogens is 322 g/mol. The summed E-state index contributed by atoms with van der Waals surface area (Å²) in [5.41, 5.74) is 0.601. The van der Waals surface area contributed by atoms with E-state index in [9.17, 15) is 9.00 Å². The summed E-state index contributed by atoms with van der Waals surface area (Å²) in [4.78, 5) is 14.6. The minimum absolute atomic E-state index is 0.0285. The Hall–Kier alpha value is -0.330. The lowest BCUT2D eigenvalue weighted by molar-refractivity contribution is 0.0768. The van der Waals surface area contributed by atoms with Gasteiger partial charge in [0.25, 0.3) is 5.91 Å². The molecule has 0 spiro atoms. The van der Waals surface area contributed by atoms with Crippen LogP contribution in [-0.4, -0.2) is 39.6 Å². The van der Waals surface area contributed by atoms with Gasteiger partial charge in [0.2, 0.25) is 0 Å². The summed E-state index contributed by atoms with van der Waals surface area (Å²) in [6, 6.07) is 5.40. The molecule has 0 saturated carbocycles. The number of rotatable bonds is 1. The third kappa shape index (κ3) is 3.11. The minimum atomic E-state index is -0.763. The van der Waals surface area contributed by atoms with Crippen LogP contribution in [0.2, 0.25) is 0 Å². The summed E-state index contributed by atoms with van der Waals surface area (Å²) in [5, 5.41) is 0. The van der Waals surface area contributed by atoms with Crippen molar-refractivity contribution in [3.05, 3.63) is 28.2 Å². The Labute approximate surface area is 117 Å². The summed E-state index contributed by atoms with van der Waals surface area (Å²) in [7, 11) is -0.763. The lowest BCUT2D eigenvalue weighted by atomic mass is 10.2. The molecule has 1 fully saturated rings. The van der Waals surface area contributed by atoms with Gasteiger partial charge in [0.05, 0.1) is 5.56 Å². The average molecular weight is 334 g/mol. The van der Waals surface area contributed by atoms with E-state index in [1.165, 1.54) is 0 Å². The molecule has 0 aromatic heterocycles. The largest absolute Gasteiger partial charge is 0.337 e. The van der Waals surface area contributed by atoms with E-state index in [1.807, 2.05) is 6.07 Å². The zero-order chi connectivity index (χ0) is 12.4. The molecule has 0 unspecified atom stereocenters. The molecule has 1 amide bonds. The second kappa shape index (κ2) is 5.54. The molecule has 1 aromatic rings. The number of benzene rings is 1. The molecule has 1 aliphatic heterocycles. The van der Waals surface area contributed by atoms with Gasteiger partial charge in [-0.15, -0.1) is 12.6 Å². The molecule has 0 radical (unpaired) electrons. The maximum atomic E-state index is 12.2. The van der Waals surface area contributed by atoms with Crippen molar-refractivity contribution in [2.45, 2.75) is 4.90 Å². The van der Waals surface area contributed by atoms with E-state index in [-0.39, 0.29) is 5.91 Å². The van der Waals surface area contributed by atoms with Crippen LogP contribution < -0.4 is 0 Å². The fourth-order valence-corrected chi connectivity index (χ4v) is 3.60. The number of halogens is 1. The van der Waals surface area contributed by atoms with Crippen LogP contribution in [0.25, 0.3) is 0 Å². The van der Waals surface area contributed by atoms with Gasteiger partial charge in [0.1, 0.15) is 0 Å². The number of hydrogen-bond acceptors (Lipinski definition) is 3. The van der Waals surface area contributed by atoms with Crippen LogP contribution in [0.1, 0.15) is 10.4 Å². The van der Waals surface area contributed by atoms with Gasteiger partial charge in [-0.1, -0.05) is 15.9 Å². The van der Waals surface area contributed by atoms with Crippen LogP contribution >= 0.6 is 28.6 Å². The highest BCUT2D eigenvalue weighted by Crippen LogP contribution is 2.21. The van der Waals surface area contributed by atoms with Crippen LogP contribution in [0, 0.1) is 0 Å². The summed E-state index contributed by atoms with van der Waals surface area (Å²) < 4.78 is 12.1. The molecule has 0 N–H and O–H groups in total. The van der Waals surface area contributed by atoms with Gasteiger partial charge < -0.3 is 4.90 Å². The molecule has 0 atom stereocenters. The van der Waals surface area contributed by atoms with Crippen molar-refractivity contribution in [3.63, 3.8) is 0 Å². The first-order chi connectivity index (χ1) is 8.08. The van der Waals surface area contributed by atoms with Gasteiger partial charge in [0.15, 0.2) is 0 Å². The van der Waals surface area contributed by atoms with Crippen molar-refractivity contribution < 1.29 is 9.00 Å². The van der Waals surface area contributed by atoms with Crippen LogP contribution in [0.15, 0.2) is 27.6 Å². The normalized spacial score (nSPS) is 17.2. The van der Waals surface area contributed by atoms with Gasteiger partial charge in [-0.25, -0.2) is 0 Å². The fraction of sp³-hybridized carbons (Fsp3) is 0.364. The third-order valence-corrected chi connectivity index (χ3v) is 4.79. The minimum Gasteiger partial charge on any atom is -0.337 e. The molecule has 17 heavy (non-hydrogen) atoms. The van der Waals surface area contributed by atoms with E-state index in [1.54, 1.807) is 17.0 Å². The summed E-state index contributed by atoms with van der Waals surface area (Å²) in [5.74, 6) is 1.12. The predicted molar refractivity (Wildman–Crippen MR) is 75.2 cm³/mol. The zero-order valence-corrected chi connectivity index (χ0v) is 12.4. The van der Waals surface area contributed by atoms with Gasteiger partial charge in [-0.05, 0) is 18.2 Å². The van der Waals surface area contributed by atoms with Gasteiger partial charge >= 0.3 is 0 Å². The van der Waals surface area contributed by atoms with E-state index in [0.29, 0.717) is 35.1 Å². The van der Waals surface area contributed by atoms with E-state index >= 15 is 0 Å². The first-order valence-electron chi connectivity index (χ1n) is 5.20. The quantitative estimate of drug-likeness (QED) is 0.797. The highest BCUT2D eigenvalue weighted by Gasteiger charge is 2.22. The molecule has 1 saturated heterocycles. The number of hydrogen-bond donors (Lipinski definition) is 1. The maximum absolute atomic E-state index is 12.2. The molecule has 1 aliphatic rings. The van der Waals surface area contributed by atoms with E-state index in [4.69, 9.17) is 0 Å². The number of carbonyl (C=O) groups excluding carboxylic acids is 1. The number of nitrogens with zero attached hydrogens (tertiary/aromatic N) is 1. The lowest BCUT2D eigenvalue weighted by Crippen LogP contribution is -2.41. The Morgan fingerprint density at radius 3 is 2.59 bits per heavy atom. The van der Waals surface area contributed by atoms with Crippen molar-refractivity contribution in [1.29, 1.82) is 0 Å². The van der Waals surface area contributed by atoms with Crippen LogP contribution in [0.3, 0.4) is 0 Å². The second-order valence-electron chi connectivity index (χ2n) is 3.80. The van der Waals surface area contributed by atoms with E-state index in [2.05, 4.69) is 28.6 Å². The average Bonchev–Trinajstić information content (AvgIpc) is 2.29. The standard InChI is InChI=1S/C11H12BrNO2S2/c12-8-1-2-9(10(16)7-8)11(14)13-3-5-17(15)6-4-13/h1-2,7,16H,3-6H2. The molecule has 6 heteroatoms. The van der Waals surface area contributed by atoms with Crippen molar-refractivity contribution in [1.82, 2.24) is 4.90 Å². The number of amides is 1. The van der Waals surface area contributed by atoms with Gasteiger partial charge in [-0.2, -0.15) is 0 Å². The van der Waals surface area contributed by atoms with Crippen LogP contribution in [0.4, 0.5) is 0 Å². The molecule has 1 heterocycles. The SMILES string of the molecule is O=C(c1ccc(Br)cc1S)N1CCS(=O)CC1. The Bertz CT molecular complexity index is 469. The molecule has 1 aromatic carbocycles. The Balaban J connectivity index is 2.16. The zero-order valence-electron chi connectivity index (χ0n) is 9.06. The first-order valence-corrected chi connectivity index (χ1v) is 7.93. The predicted octanol–water partition coefficient (Wildman–Crippen LogP) is 1.94. The van der Waals surface area contributed by atoms with Gasteiger partial charge in [-0.3, -0.25) is 9.00 Å². The van der Waals surface area contributed by atoms with Crippen molar-refractivity contribution in [2.24, 2.45) is 0 Å². The smallest absolute Gasteiger partial charge is 0.255 e. The first kappa shape index (κ1) is 13.1. The summed E-state index contributed by atoms with van der Waals surface area (Å²) >= 11 is 7.64. The molecule has 3 nitrogen and oxygen atoms in total. The van der Waals surface area contributed by atoms with Crippen molar-refractivity contribution in [3.8, 4) is 0 Å². The number of thiol groups is 1. The summed E-state index contributed by atoms with van der Waals surface area (Å²) in [6.07, 6.45) is 0. The third-order valence-electron chi connectivity index (χ3n) is 2.66. The second-order valence-corrected chi connectivity index (χ2v) is 6.90.